The van der Waals surface area contributed by atoms with Gasteiger partial charge in [-0.05, 0) is 37.6 Å². The first-order chi connectivity index (χ1) is 6.79. The summed E-state index contributed by atoms with van der Waals surface area (Å²) in [5.74, 6) is 0. The van der Waals surface area contributed by atoms with Crippen LogP contribution in [0.5, 0.6) is 0 Å². The van der Waals surface area contributed by atoms with Crippen LogP contribution < -0.4 is 0 Å². The van der Waals surface area contributed by atoms with Gasteiger partial charge in [-0.1, -0.05) is 16.8 Å². The Morgan fingerprint density at radius 1 is 1.29 bits per heavy atom. The predicted octanol–water partition coefficient (Wildman–Crippen LogP) is 2.30. The standard InChI is InChI=1S/C10H9ClN3/c1-2-9-7-14(13-12-9)10-5-3-8(11)4-6-10/h3-7H,1-2H2. The highest BCUT2D eigenvalue weighted by atomic mass is 35.5. The summed E-state index contributed by atoms with van der Waals surface area (Å²) < 4.78 is 1.71. The molecular weight excluding hydrogens is 198 g/mol. The van der Waals surface area contributed by atoms with Gasteiger partial charge in [0.1, 0.15) is 0 Å². The molecule has 0 aliphatic carbocycles. The fourth-order valence-corrected chi connectivity index (χ4v) is 1.26. The third-order valence-corrected chi connectivity index (χ3v) is 2.14. The molecule has 4 heteroatoms. The number of halogens is 1. The zero-order valence-corrected chi connectivity index (χ0v) is 8.28. The van der Waals surface area contributed by atoms with Gasteiger partial charge in [0.2, 0.25) is 0 Å². The molecule has 0 amide bonds. The van der Waals surface area contributed by atoms with Crippen molar-refractivity contribution in [1.82, 2.24) is 15.0 Å². The van der Waals surface area contributed by atoms with E-state index >= 15 is 0 Å². The average Bonchev–Trinajstić information content (AvgIpc) is 2.67. The molecule has 0 aliphatic heterocycles. The molecule has 0 spiro atoms. The van der Waals surface area contributed by atoms with Crippen molar-refractivity contribution in [2.24, 2.45) is 0 Å². The molecule has 0 unspecified atom stereocenters. The molecule has 1 radical (unpaired) electrons. The summed E-state index contributed by atoms with van der Waals surface area (Å²) in [7, 11) is 0. The van der Waals surface area contributed by atoms with Crippen molar-refractivity contribution in [3.8, 4) is 5.69 Å². The molecule has 2 aromatic rings. The third kappa shape index (κ3) is 1.77. The molecule has 2 rings (SSSR count). The minimum atomic E-state index is 0.646. The molecule has 1 aromatic heterocycles. The second-order valence-electron chi connectivity index (χ2n) is 2.88. The third-order valence-electron chi connectivity index (χ3n) is 1.89. The second-order valence-corrected chi connectivity index (χ2v) is 3.32. The molecule has 14 heavy (non-hydrogen) atoms. The van der Waals surface area contributed by atoms with Gasteiger partial charge in [-0.2, -0.15) is 0 Å². The minimum absolute atomic E-state index is 0.646. The monoisotopic (exact) mass is 206 g/mol. The Morgan fingerprint density at radius 2 is 2.00 bits per heavy atom. The maximum absolute atomic E-state index is 5.78. The molecule has 0 bridgehead atoms. The zero-order valence-electron chi connectivity index (χ0n) is 7.52. The molecule has 1 heterocycles. The number of benzene rings is 1. The van der Waals surface area contributed by atoms with Crippen molar-refractivity contribution in [3.63, 3.8) is 0 Å². The van der Waals surface area contributed by atoms with Crippen LogP contribution in [0, 0.1) is 6.92 Å². The topological polar surface area (TPSA) is 30.7 Å². The Kier molecular flexibility index (Phi) is 2.50. The zero-order chi connectivity index (χ0) is 9.97. The Labute approximate surface area is 87.3 Å². The van der Waals surface area contributed by atoms with Gasteiger partial charge in [0.05, 0.1) is 17.6 Å². The summed E-state index contributed by atoms with van der Waals surface area (Å²) >= 11 is 5.78. The first kappa shape index (κ1) is 9.21. The van der Waals surface area contributed by atoms with Gasteiger partial charge >= 0.3 is 0 Å². The minimum Gasteiger partial charge on any atom is -0.220 e. The number of aromatic nitrogens is 3. The van der Waals surface area contributed by atoms with Gasteiger partial charge in [0.15, 0.2) is 0 Å². The van der Waals surface area contributed by atoms with Gasteiger partial charge in [0.25, 0.3) is 0 Å². The van der Waals surface area contributed by atoms with Gasteiger partial charge in [-0.3, -0.25) is 0 Å². The number of hydrogen-bond acceptors (Lipinski definition) is 2. The summed E-state index contributed by atoms with van der Waals surface area (Å²) in [6.07, 6.45) is 2.50. The largest absolute Gasteiger partial charge is 0.220 e. The lowest BCUT2D eigenvalue weighted by atomic mass is 10.3. The van der Waals surface area contributed by atoms with Gasteiger partial charge < -0.3 is 0 Å². The summed E-state index contributed by atoms with van der Waals surface area (Å²) in [5, 5.41) is 8.64. The second kappa shape index (κ2) is 3.80. The van der Waals surface area contributed by atoms with Crippen LogP contribution in [0.3, 0.4) is 0 Å². The summed E-state index contributed by atoms with van der Waals surface area (Å²) in [5.41, 5.74) is 1.82. The van der Waals surface area contributed by atoms with Crippen LogP contribution in [-0.2, 0) is 6.42 Å². The van der Waals surface area contributed by atoms with Crippen molar-refractivity contribution >= 4 is 11.6 Å². The van der Waals surface area contributed by atoms with E-state index in [9.17, 15) is 0 Å². The van der Waals surface area contributed by atoms with Crippen LogP contribution in [0.25, 0.3) is 5.69 Å². The molecule has 0 fully saturated rings. The van der Waals surface area contributed by atoms with Crippen molar-refractivity contribution in [2.75, 3.05) is 0 Å². The maximum atomic E-state index is 5.78. The van der Waals surface area contributed by atoms with Crippen LogP contribution in [0.15, 0.2) is 30.5 Å². The van der Waals surface area contributed by atoms with E-state index in [0.29, 0.717) is 11.4 Å². The van der Waals surface area contributed by atoms with E-state index < -0.39 is 0 Å². The van der Waals surface area contributed by atoms with E-state index in [4.69, 9.17) is 11.6 Å². The lowest BCUT2D eigenvalue weighted by Crippen LogP contribution is -1.93. The van der Waals surface area contributed by atoms with Crippen LogP contribution in [0.2, 0.25) is 5.02 Å². The van der Waals surface area contributed by atoms with E-state index in [1.165, 1.54) is 0 Å². The molecule has 0 saturated carbocycles. The molecule has 0 N–H and O–H groups in total. The lowest BCUT2D eigenvalue weighted by molar-refractivity contribution is 0.799. The highest BCUT2D eigenvalue weighted by Crippen LogP contribution is 2.12. The summed E-state index contributed by atoms with van der Waals surface area (Å²) in [4.78, 5) is 0. The summed E-state index contributed by atoms with van der Waals surface area (Å²) in [6.45, 7) is 3.74. The Bertz CT molecular complexity index is 419. The Morgan fingerprint density at radius 3 is 2.57 bits per heavy atom. The van der Waals surface area contributed by atoms with E-state index in [-0.39, 0.29) is 0 Å². The lowest BCUT2D eigenvalue weighted by Gasteiger charge is -1.98. The van der Waals surface area contributed by atoms with Gasteiger partial charge in [-0.15, -0.1) is 5.10 Å². The quantitative estimate of drug-likeness (QED) is 0.755. The maximum Gasteiger partial charge on any atom is 0.0831 e. The first-order valence-corrected chi connectivity index (χ1v) is 4.64. The molecule has 71 valence electrons. The average molecular weight is 207 g/mol. The van der Waals surface area contributed by atoms with Crippen molar-refractivity contribution in [2.45, 2.75) is 6.42 Å². The van der Waals surface area contributed by atoms with Crippen molar-refractivity contribution in [1.29, 1.82) is 0 Å². The van der Waals surface area contributed by atoms with Gasteiger partial charge in [0, 0.05) is 5.02 Å². The molecular formula is C10H9ClN3. The highest BCUT2D eigenvalue weighted by molar-refractivity contribution is 6.30. The van der Waals surface area contributed by atoms with Crippen LogP contribution in [-0.4, -0.2) is 15.0 Å². The Hall–Kier alpha value is -1.35. The molecule has 3 nitrogen and oxygen atoms in total. The summed E-state index contributed by atoms with van der Waals surface area (Å²) in [6, 6.07) is 7.43. The Balaban J connectivity index is 2.34. The first-order valence-electron chi connectivity index (χ1n) is 4.26. The van der Waals surface area contributed by atoms with E-state index in [1.54, 1.807) is 4.68 Å². The van der Waals surface area contributed by atoms with E-state index in [0.717, 1.165) is 11.4 Å². The van der Waals surface area contributed by atoms with E-state index in [2.05, 4.69) is 17.2 Å². The van der Waals surface area contributed by atoms with Gasteiger partial charge in [-0.25, -0.2) is 4.68 Å². The van der Waals surface area contributed by atoms with Crippen molar-refractivity contribution in [3.05, 3.63) is 48.1 Å². The SMILES string of the molecule is [CH2]Cc1cn(-c2ccc(Cl)cc2)nn1. The van der Waals surface area contributed by atoms with Crippen LogP contribution >= 0.6 is 11.6 Å². The van der Waals surface area contributed by atoms with Crippen molar-refractivity contribution < 1.29 is 0 Å². The molecule has 0 saturated heterocycles. The molecule has 1 aromatic carbocycles. The van der Waals surface area contributed by atoms with E-state index in [1.807, 2.05) is 30.5 Å². The normalized spacial score (nSPS) is 10.4. The highest BCUT2D eigenvalue weighted by Gasteiger charge is 2.00. The molecule has 0 aliphatic rings. The smallest absolute Gasteiger partial charge is 0.0831 e. The molecule has 0 atom stereocenters. The fraction of sp³-hybridized carbons (Fsp3) is 0.100. The number of hydrogen-bond donors (Lipinski definition) is 0. The number of rotatable bonds is 2. The van der Waals surface area contributed by atoms with Crippen LogP contribution in [0.4, 0.5) is 0 Å². The number of nitrogens with zero attached hydrogens (tertiary/aromatic N) is 3. The van der Waals surface area contributed by atoms with Crippen LogP contribution in [0.1, 0.15) is 5.69 Å². The predicted molar refractivity (Wildman–Crippen MR) is 55.4 cm³/mol. The fourth-order valence-electron chi connectivity index (χ4n) is 1.13.